The molecule has 1 saturated carbocycles. The van der Waals surface area contributed by atoms with Crippen LogP contribution in [0.1, 0.15) is 31.7 Å². The second kappa shape index (κ2) is 5.80. The lowest BCUT2D eigenvalue weighted by atomic mass is 10.2. The highest BCUT2D eigenvalue weighted by atomic mass is 79.9. The van der Waals surface area contributed by atoms with Gasteiger partial charge in [0.05, 0.1) is 4.92 Å². The molecule has 1 aromatic rings. The Morgan fingerprint density at radius 1 is 1.56 bits per heavy atom. The first-order chi connectivity index (χ1) is 8.61. The molecule has 2 rings (SSSR count). The van der Waals surface area contributed by atoms with Crippen LogP contribution >= 0.6 is 15.9 Å². The zero-order valence-electron chi connectivity index (χ0n) is 10.4. The number of hydrogen-bond donors (Lipinski definition) is 1. The zero-order chi connectivity index (χ0) is 13.1. The van der Waals surface area contributed by atoms with Gasteiger partial charge in [0.25, 0.3) is 5.69 Å². The molecule has 1 fully saturated rings. The van der Waals surface area contributed by atoms with Gasteiger partial charge in [-0.15, -0.1) is 0 Å². The first kappa shape index (κ1) is 13.5. The Hall–Kier alpha value is -0.940. The van der Waals surface area contributed by atoms with E-state index in [4.69, 9.17) is 0 Å². The summed E-state index contributed by atoms with van der Waals surface area (Å²) in [5, 5.41) is 14.3. The summed E-state index contributed by atoms with van der Waals surface area (Å²) in [6, 6.07) is 5.63. The Bertz CT molecular complexity index is 451. The smallest absolute Gasteiger partial charge is 0.273 e. The van der Waals surface area contributed by atoms with Crippen LogP contribution in [0.5, 0.6) is 0 Å². The van der Waals surface area contributed by atoms with Gasteiger partial charge in [0, 0.05) is 28.7 Å². The Kier molecular flexibility index (Phi) is 4.35. The zero-order valence-corrected chi connectivity index (χ0v) is 11.9. The van der Waals surface area contributed by atoms with Crippen LogP contribution in [0, 0.1) is 16.0 Å². The van der Waals surface area contributed by atoms with Crippen molar-refractivity contribution >= 4 is 21.6 Å². The van der Waals surface area contributed by atoms with Crippen LogP contribution < -0.4 is 5.32 Å². The molecule has 1 aliphatic rings. The fourth-order valence-electron chi connectivity index (χ4n) is 2.30. The summed E-state index contributed by atoms with van der Waals surface area (Å²) in [4.78, 5) is 10.6. The van der Waals surface area contributed by atoms with Crippen LogP contribution in [0.4, 0.5) is 5.69 Å². The maximum Gasteiger partial charge on any atom is 0.273 e. The normalized spacial score (nSPS) is 21.9. The Morgan fingerprint density at radius 3 is 3.00 bits per heavy atom. The summed E-state index contributed by atoms with van der Waals surface area (Å²) in [6.07, 6.45) is 3.66. The Labute approximate surface area is 115 Å². The van der Waals surface area contributed by atoms with E-state index in [0.29, 0.717) is 12.6 Å². The third kappa shape index (κ3) is 3.29. The number of nitrogens with one attached hydrogen (secondary N) is 1. The second-order valence-corrected chi connectivity index (χ2v) is 5.72. The lowest BCUT2D eigenvalue weighted by Gasteiger charge is -2.06. The maximum absolute atomic E-state index is 10.9. The van der Waals surface area contributed by atoms with Gasteiger partial charge < -0.3 is 5.32 Å². The molecule has 1 aromatic carbocycles. The predicted molar refractivity (Wildman–Crippen MR) is 74.4 cm³/mol. The summed E-state index contributed by atoms with van der Waals surface area (Å²) in [7, 11) is 0. The first-order valence-corrected chi connectivity index (χ1v) is 7.07. The van der Waals surface area contributed by atoms with Crippen molar-refractivity contribution in [2.75, 3.05) is 0 Å². The molecule has 0 saturated heterocycles. The number of halogens is 1. The van der Waals surface area contributed by atoms with Gasteiger partial charge in [-0.3, -0.25) is 10.1 Å². The number of rotatable bonds is 6. The molecule has 0 heterocycles. The summed E-state index contributed by atoms with van der Waals surface area (Å²) < 4.78 is 0.880. The third-order valence-corrected chi connectivity index (χ3v) is 3.87. The fourth-order valence-corrected chi connectivity index (χ4v) is 2.71. The lowest BCUT2D eigenvalue weighted by molar-refractivity contribution is -0.385. The van der Waals surface area contributed by atoms with Crippen LogP contribution in [0.3, 0.4) is 0 Å². The molecule has 2 unspecified atom stereocenters. The van der Waals surface area contributed by atoms with Gasteiger partial charge in [0.15, 0.2) is 0 Å². The molecule has 0 aliphatic heterocycles. The van der Waals surface area contributed by atoms with Gasteiger partial charge in [-0.1, -0.05) is 29.3 Å². The molecule has 1 N–H and O–H groups in total. The molecular formula is C13H17BrN2O2. The van der Waals surface area contributed by atoms with Crippen molar-refractivity contribution in [3.8, 4) is 0 Å². The highest BCUT2D eigenvalue weighted by molar-refractivity contribution is 9.10. The molecule has 5 heteroatoms. The third-order valence-electron chi connectivity index (χ3n) is 3.37. The summed E-state index contributed by atoms with van der Waals surface area (Å²) >= 11 is 3.35. The van der Waals surface area contributed by atoms with E-state index in [1.165, 1.54) is 19.3 Å². The molecule has 1 aliphatic carbocycles. The molecule has 0 aromatic heterocycles. The van der Waals surface area contributed by atoms with E-state index in [-0.39, 0.29) is 10.6 Å². The van der Waals surface area contributed by atoms with E-state index in [1.807, 2.05) is 6.07 Å². The van der Waals surface area contributed by atoms with Crippen molar-refractivity contribution in [1.82, 2.24) is 5.32 Å². The van der Waals surface area contributed by atoms with E-state index in [9.17, 15) is 10.1 Å². The number of benzene rings is 1. The van der Waals surface area contributed by atoms with Crippen molar-refractivity contribution in [3.05, 3.63) is 38.3 Å². The van der Waals surface area contributed by atoms with Gasteiger partial charge in [-0.25, -0.2) is 0 Å². The number of nitrogens with zero attached hydrogens (tertiary/aromatic N) is 1. The molecule has 98 valence electrons. The highest BCUT2D eigenvalue weighted by Gasteiger charge is 2.35. The van der Waals surface area contributed by atoms with Gasteiger partial charge in [0.1, 0.15) is 0 Å². The average Bonchev–Trinajstić information content (AvgIpc) is 3.05. The van der Waals surface area contributed by atoms with Crippen LogP contribution in [-0.4, -0.2) is 11.0 Å². The summed E-state index contributed by atoms with van der Waals surface area (Å²) in [5.74, 6) is 0.765. The van der Waals surface area contributed by atoms with Crippen molar-refractivity contribution < 1.29 is 4.92 Å². The molecule has 4 nitrogen and oxygen atoms in total. The predicted octanol–water partition coefficient (Wildman–Crippen LogP) is 3.64. The minimum Gasteiger partial charge on any atom is -0.309 e. The van der Waals surface area contributed by atoms with E-state index in [0.717, 1.165) is 16.0 Å². The van der Waals surface area contributed by atoms with Crippen molar-refractivity contribution in [2.45, 2.75) is 38.8 Å². The SMILES string of the molecule is CCCC1CC1NCc1cc(Br)ccc1[N+](=O)[O-]. The minimum absolute atomic E-state index is 0.193. The van der Waals surface area contributed by atoms with Gasteiger partial charge in [0.2, 0.25) is 0 Å². The molecule has 0 radical (unpaired) electrons. The topological polar surface area (TPSA) is 55.2 Å². The van der Waals surface area contributed by atoms with E-state index in [2.05, 4.69) is 28.2 Å². The van der Waals surface area contributed by atoms with Crippen molar-refractivity contribution in [3.63, 3.8) is 0 Å². The lowest BCUT2D eigenvalue weighted by Crippen LogP contribution is -2.18. The monoisotopic (exact) mass is 312 g/mol. The summed E-state index contributed by atoms with van der Waals surface area (Å²) in [5.41, 5.74) is 0.940. The first-order valence-electron chi connectivity index (χ1n) is 6.28. The fraction of sp³-hybridized carbons (Fsp3) is 0.538. The standard InChI is InChI=1S/C13H17BrN2O2/c1-2-3-9-7-12(9)15-8-10-6-11(14)4-5-13(10)16(17)18/h4-6,9,12,15H,2-3,7-8H2,1H3. The van der Waals surface area contributed by atoms with E-state index < -0.39 is 0 Å². The molecule has 0 spiro atoms. The second-order valence-electron chi connectivity index (χ2n) is 4.80. The largest absolute Gasteiger partial charge is 0.309 e. The quantitative estimate of drug-likeness (QED) is 0.644. The van der Waals surface area contributed by atoms with Crippen LogP contribution in [0.15, 0.2) is 22.7 Å². The summed E-state index contributed by atoms with van der Waals surface area (Å²) in [6.45, 7) is 2.76. The minimum atomic E-state index is -0.320. The number of nitro benzene ring substituents is 1. The van der Waals surface area contributed by atoms with Crippen LogP contribution in [0.25, 0.3) is 0 Å². The number of nitro groups is 1. The molecule has 0 bridgehead atoms. The van der Waals surface area contributed by atoms with Gasteiger partial charge in [-0.05, 0) is 30.9 Å². The highest BCUT2D eigenvalue weighted by Crippen LogP contribution is 2.35. The molecule has 2 atom stereocenters. The van der Waals surface area contributed by atoms with Crippen molar-refractivity contribution in [2.24, 2.45) is 5.92 Å². The van der Waals surface area contributed by atoms with Crippen LogP contribution in [-0.2, 0) is 6.54 Å². The molecule has 18 heavy (non-hydrogen) atoms. The molecular weight excluding hydrogens is 296 g/mol. The average molecular weight is 313 g/mol. The maximum atomic E-state index is 10.9. The van der Waals surface area contributed by atoms with Crippen LogP contribution in [0.2, 0.25) is 0 Å². The van der Waals surface area contributed by atoms with E-state index >= 15 is 0 Å². The van der Waals surface area contributed by atoms with Gasteiger partial charge >= 0.3 is 0 Å². The Morgan fingerprint density at radius 2 is 2.33 bits per heavy atom. The molecule has 0 amide bonds. The number of hydrogen-bond acceptors (Lipinski definition) is 3. The van der Waals surface area contributed by atoms with Crippen molar-refractivity contribution in [1.29, 1.82) is 0 Å². The Balaban J connectivity index is 1.96. The van der Waals surface area contributed by atoms with Gasteiger partial charge in [-0.2, -0.15) is 0 Å². The van der Waals surface area contributed by atoms with E-state index in [1.54, 1.807) is 12.1 Å².